The smallest absolute Gasteiger partial charge is 0.181 e. The molecule has 4 heterocycles. The molecule has 0 radical (unpaired) electrons. The van der Waals surface area contributed by atoms with Gasteiger partial charge < -0.3 is 4.90 Å². The van der Waals surface area contributed by atoms with Gasteiger partial charge in [-0.25, -0.2) is 9.56 Å². The molecule has 0 unspecified atom stereocenters. The number of amidine groups is 2. The zero-order valence-electron chi connectivity index (χ0n) is 31.2. The predicted octanol–water partition coefficient (Wildman–Crippen LogP) is 7.66. The van der Waals surface area contributed by atoms with E-state index in [0.717, 1.165) is 49.7 Å². The first kappa shape index (κ1) is 33.4. The molecule has 0 aliphatic carbocycles. The van der Waals surface area contributed by atoms with Gasteiger partial charge in [0.1, 0.15) is 18.7 Å². The minimum atomic E-state index is 0.762. The van der Waals surface area contributed by atoms with E-state index in [0.29, 0.717) is 0 Å². The summed E-state index contributed by atoms with van der Waals surface area (Å²) in [6.45, 7) is 19.9. The third-order valence-electron chi connectivity index (χ3n) is 11.7. The number of rotatable bonds is 7. The lowest BCUT2D eigenvalue weighted by molar-refractivity contribution is -0.700. The lowest BCUT2D eigenvalue weighted by Gasteiger charge is -2.21. The lowest BCUT2D eigenvalue weighted by atomic mass is 9.89. The number of hydrogen-bond acceptors (Lipinski definition) is 3. The average Bonchev–Trinajstić information content (AvgIpc) is 3.71. The highest BCUT2D eigenvalue weighted by Gasteiger charge is 2.28. The summed E-state index contributed by atoms with van der Waals surface area (Å²) in [5.74, 6) is 1.91. The minimum absolute atomic E-state index is 0.762. The SMILES string of the molecule is Cc1c(Cc2c(C)c(C)[n+](Cc3ccc(CN4/C(=N\NC5=Nc6ccccc6C5)Cc5ccccc54)cc3)c(C)c2C)c(C)c(C)[n+](C)c1C. The highest BCUT2D eigenvalue weighted by atomic mass is 15.4. The molecule has 0 bridgehead atoms. The van der Waals surface area contributed by atoms with E-state index in [2.05, 4.69) is 149 Å². The van der Waals surface area contributed by atoms with E-state index in [1.54, 1.807) is 0 Å². The van der Waals surface area contributed by atoms with Crippen LogP contribution in [0.5, 0.6) is 0 Å². The number of fused-ring (bicyclic) bond motifs is 2. The van der Waals surface area contributed by atoms with Gasteiger partial charge in [0.25, 0.3) is 0 Å². The van der Waals surface area contributed by atoms with Gasteiger partial charge in [-0.15, -0.1) is 0 Å². The first-order valence-electron chi connectivity index (χ1n) is 17.9. The fourth-order valence-corrected chi connectivity index (χ4v) is 7.84. The van der Waals surface area contributed by atoms with E-state index in [1.807, 2.05) is 6.07 Å². The number of nitrogens with zero attached hydrogens (tertiary/aromatic N) is 5. The van der Waals surface area contributed by atoms with Crippen molar-refractivity contribution in [2.75, 3.05) is 4.90 Å². The van der Waals surface area contributed by atoms with Crippen LogP contribution in [0.3, 0.4) is 0 Å². The highest BCUT2D eigenvalue weighted by molar-refractivity contribution is 6.05. The average molecular weight is 663 g/mol. The van der Waals surface area contributed by atoms with Gasteiger partial charge in [0.15, 0.2) is 29.3 Å². The van der Waals surface area contributed by atoms with Gasteiger partial charge in [-0.3, -0.25) is 5.43 Å². The number of anilines is 1. The van der Waals surface area contributed by atoms with Crippen molar-refractivity contribution in [3.8, 4) is 0 Å². The molecule has 5 aromatic rings. The van der Waals surface area contributed by atoms with Crippen LogP contribution in [0.25, 0.3) is 0 Å². The van der Waals surface area contributed by atoms with E-state index in [-0.39, 0.29) is 0 Å². The Hall–Kier alpha value is -5.10. The second kappa shape index (κ2) is 13.3. The number of hydrazone groups is 1. The van der Waals surface area contributed by atoms with Crippen molar-refractivity contribution < 1.29 is 9.13 Å². The Labute approximate surface area is 297 Å². The molecule has 0 fully saturated rings. The van der Waals surface area contributed by atoms with Crippen molar-refractivity contribution in [2.24, 2.45) is 17.1 Å². The molecule has 7 rings (SSSR count). The summed E-state index contributed by atoms with van der Waals surface area (Å²) in [5.41, 5.74) is 24.6. The molecule has 2 aliphatic rings. The van der Waals surface area contributed by atoms with Crippen LogP contribution in [0, 0.1) is 55.4 Å². The summed E-state index contributed by atoms with van der Waals surface area (Å²) in [4.78, 5) is 7.10. The van der Waals surface area contributed by atoms with Crippen molar-refractivity contribution in [1.29, 1.82) is 0 Å². The Balaban J connectivity index is 1.10. The van der Waals surface area contributed by atoms with Gasteiger partial charge in [-0.1, -0.05) is 60.7 Å². The fraction of sp³-hybridized carbons (Fsp3) is 0.318. The maximum absolute atomic E-state index is 4.90. The van der Waals surface area contributed by atoms with Crippen LogP contribution >= 0.6 is 0 Å². The second-order valence-electron chi connectivity index (χ2n) is 14.3. The third kappa shape index (κ3) is 6.01. The molecule has 1 N–H and O–H groups in total. The van der Waals surface area contributed by atoms with E-state index >= 15 is 0 Å². The maximum Gasteiger partial charge on any atom is 0.181 e. The normalized spacial score (nSPS) is 14.3. The van der Waals surface area contributed by atoms with Crippen LogP contribution in [0.2, 0.25) is 0 Å². The van der Waals surface area contributed by atoms with Crippen LogP contribution in [0.1, 0.15) is 78.4 Å². The van der Waals surface area contributed by atoms with Crippen LogP contribution in [-0.4, -0.2) is 11.7 Å². The molecule has 0 atom stereocenters. The number of aliphatic imine (C=N–C) groups is 1. The molecule has 6 nitrogen and oxygen atoms in total. The van der Waals surface area contributed by atoms with Gasteiger partial charge in [-0.2, -0.15) is 9.67 Å². The summed E-state index contributed by atoms with van der Waals surface area (Å²) < 4.78 is 4.83. The van der Waals surface area contributed by atoms with Crippen LogP contribution < -0.4 is 19.5 Å². The van der Waals surface area contributed by atoms with Gasteiger partial charge in [-0.05, 0) is 74.1 Å². The molecule has 2 aromatic heterocycles. The summed E-state index contributed by atoms with van der Waals surface area (Å²) in [5, 5.41) is 4.90. The van der Waals surface area contributed by atoms with E-state index in [9.17, 15) is 0 Å². The van der Waals surface area contributed by atoms with Gasteiger partial charge in [0, 0.05) is 80.6 Å². The largest absolute Gasteiger partial charge is 0.323 e. The lowest BCUT2D eigenvalue weighted by Crippen LogP contribution is -2.43. The molecule has 6 heteroatoms. The van der Waals surface area contributed by atoms with Gasteiger partial charge >= 0.3 is 0 Å². The fourth-order valence-electron chi connectivity index (χ4n) is 7.84. The molecule has 0 amide bonds. The summed E-state index contributed by atoms with van der Waals surface area (Å²) in [6.07, 6.45) is 2.55. The van der Waals surface area contributed by atoms with Crippen LogP contribution in [0.4, 0.5) is 11.4 Å². The molecule has 0 spiro atoms. The maximum atomic E-state index is 4.90. The van der Waals surface area contributed by atoms with Crippen molar-refractivity contribution in [1.82, 2.24) is 5.43 Å². The summed E-state index contributed by atoms with van der Waals surface area (Å²) in [6, 6.07) is 26.1. The van der Waals surface area contributed by atoms with Crippen LogP contribution in [0.15, 0.2) is 82.9 Å². The Kier molecular flexibility index (Phi) is 8.89. The number of hydrogen-bond donors (Lipinski definition) is 1. The Morgan fingerprint density at radius 1 is 0.660 bits per heavy atom. The zero-order valence-corrected chi connectivity index (χ0v) is 31.2. The number of pyridine rings is 2. The molecular formula is C44H50N6+2. The Bertz CT molecular complexity index is 2150. The molecule has 2 aliphatic heterocycles. The van der Waals surface area contributed by atoms with E-state index in [1.165, 1.54) is 84.1 Å². The van der Waals surface area contributed by atoms with Crippen molar-refractivity contribution in [3.05, 3.63) is 151 Å². The minimum Gasteiger partial charge on any atom is -0.323 e. The summed E-state index contributed by atoms with van der Waals surface area (Å²) in [7, 11) is 2.18. The number of aromatic nitrogens is 2. The second-order valence-corrected chi connectivity index (χ2v) is 14.3. The van der Waals surface area contributed by atoms with Gasteiger partial charge in [0.05, 0.1) is 5.69 Å². The number of benzene rings is 3. The van der Waals surface area contributed by atoms with Crippen molar-refractivity contribution >= 4 is 23.0 Å². The number of para-hydroxylation sites is 2. The van der Waals surface area contributed by atoms with Gasteiger partial charge in [0.2, 0.25) is 0 Å². The molecule has 254 valence electrons. The Morgan fingerprint density at radius 3 is 1.86 bits per heavy atom. The first-order valence-corrected chi connectivity index (χ1v) is 17.9. The highest BCUT2D eigenvalue weighted by Crippen LogP contribution is 2.32. The molecule has 0 saturated heterocycles. The predicted molar refractivity (Wildman–Crippen MR) is 205 cm³/mol. The monoisotopic (exact) mass is 662 g/mol. The summed E-state index contributed by atoms with van der Waals surface area (Å²) >= 11 is 0. The molecular weight excluding hydrogens is 613 g/mol. The Morgan fingerprint density at radius 2 is 1.22 bits per heavy atom. The quantitative estimate of drug-likeness (QED) is 0.144. The zero-order chi connectivity index (χ0) is 35.3. The molecule has 50 heavy (non-hydrogen) atoms. The molecule has 3 aromatic carbocycles. The third-order valence-corrected chi connectivity index (χ3v) is 11.7. The first-order chi connectivity index (χ1) is 24.0. The van der Waals surface area contributed by atoms with Crippen molar-refractivity contribution in [2.45, 2.75) is 87.7 Å². The number of nitrogens with one attached hydrogen (secondary N) is 1. The van der Waals surface area contributed by atoms with Crippen molar-refractivity contribution in [3.63, 3.8) is 0 Å². The van der Waals surface area contributed by atoms with E-state index < -0.39 is 0 Å². The molecule has 0 saturated carbocycles. The van der Waals surface area contributed by atoms with Crippen LogP contribution in [-0.2, 0) is 39.4 Å². The van der Waals surface area contributed by atoms with E-state index in [4.69, 9.17) is 10.1 Å². The standard InChI is InChI=1S/C44H50N6/c1-27-31(5)48(9)32(6)28(2)39(27)24-40-29(3)33(7)49(34(8)30(40)4)25-35-18-20-36(21-19-35)26-50-42-17-13-11-15-38(42)23-44(50)47-46-43-22-37-14-10-12-16-41(37)45-43/h10-21H,22-26H2,1-9H3,(H,45,46)/q+2/b47-44-. The topological polar surface area (TPSA) is 47.8 Å².